The predicted molar refractivity (Wildman–Crippen MR) is 114 cm³/mol. The molecule has 0 spiro atoms. The number of halogens is 1. The summed E-state index contributed by atoms with van der Waals surface area (Å²) >= 11 is 3.34. The van der Waals surface area contributed by atoms with Crippen LogP contribution in [0.25, 0.3) is 5.76 Å². The highest BCUT2D eigenvalue weighted by Crippen LogP contribution is 2.39. The van der Waals surface area contributed by atoms with Crippen LogP contribution in [0.5, 0.6) is 0 Å². The van der Waals surface area contributed by atoms with Crippen molar-refractivity contribution < 1.29 is 29.5 Å². The summed E-state index contributed by atoms with van der Waals surface area (Å²) in [7, 11) is 0. The molecule has 2 aromatic rings. The molecule has 31 heavy (non-hydrogen) atoms. The van der Waals surface area contributed by atoms with Gasteiger partial charge in [-0.25, -0.2) is 0 Å². The van der Waals surface area contributed by atoms with Crippen molar-refractivity contribution in [2.24, 2.45) is 0 Å². The minimum Gasteiger partial charge on any atom is -0.507 e. The van der Waals surface area contributed by atoms with E-state index in [1.807, 2.05) is 0 Å². The molecule has 10 heteroatoms. The maximum atomic E-state index is 12.8. The Bertz CT molecular complexity index is 1020. The number of carbonyl (C=O) groups excluding carboxylic acids is 2. The number of Topliss-reactive ketones (excluding diaryl/α,β-unsaturated/α-hetero) is 1. The molecule has 0 saturated carbocycles. The molecule has 0 aromatic heterocycles. The van der Waals surface area contributed by atoms with Gasteiger partial charge in [-0.05, 0) is 29.8 Å². The van der Waals surface area contributed by atoms with Crippen LogP contribution in [0, 0.1) is 10.1 Å². The number of nitro groups is 1. The van der Waals surface area contributed by atoms with Gasteiger partial charge in [-0.1, -0.05) is 28.1 Å². The fraction of sp³-hybridized carbons (Fsp3) is 0.238. The van der Waals surface area contributed by atoms with E-state index in [0.717, 1.165) is 4.47 Å². The van der Waals surface area contributed by atoms with Gasteiger partial charge in [0.2, 0.25) is 0 Å². The Morgan fingerprint density at radius 2 is 1.74 bits per heavy atom. The van der Waals surface area contributed by atoms with Gasteiger partial charge in [0.1, 0.15) is 5.76 Å². The van der Waals surface area contributed by atoms with E-state index in [-0.39, 0.29) is 43.2 Å². The summed E-state index contributed by atoms with van der Waals surface area (Å²) in [6.45, 7) is 0.0886. The number of non-ortho nitro benzene ring substituents is 1. The summed E-state index contributed by atoms with van der Waals surface area (Å²) in [5, 5.41) is 30.6. The van der Waals surface area contributed by atoms with Crippen LogP contribution in [0.1, 0.15) is 17.2 Å². The molecular weight excluding hydrogens is 472 g/mol. The molecule has 2 aromatic carbocycles. The molecule has 1 unspecified atom stereocenters. The molecule has 1 heterocycles. The van der Waals surface area contributed by atoms with Crippen LogP contribution in [-0.4, -0.2) is 58.1 Å². The molecular formula is C21H19BrN2O7. The molecule has 1 atom stereocenters. The monoisotopic (exact) mass is 490 g/mol. The number of likely N-dealkylation sites (tertiary alicyclic amines) is 1. The molecule has 9 nitrogen and oxygen atoms in total. The van der Waals surface area contributed by atoms with E-state index < -0.39 is 28.4 Å². The van der Waals surface area contributed by atoms with Gasteiger partial charge in [-0.2, -0.15) is 0 Å². The molecule has 1 saturated heterocycles. The van der Waals surface area contributed by atoms with Gasteiger partial charge in [-0.15, -0.1) is 0 Å². The third-order valence-electron chi connectivity index (χ3n) is 4.79. The second-order valence-electron chi connectivity index (χ2n) is 6.68. The number of hydrogen-bond donors (Lipinski definition) is 2. The first-order valence-corrected chi connectivity index (χ1v) is 10.1. The Balaban J connectivity index is 2.05. The summed E-state index contributed by atoms with van der Waals surface area (Å²) in [6, 6.07) is 11.2. The molecule has 2 N–H and O–H groups in total. The topological polar surface area (TPSA) is 130 Å². The number of rotatable bonds is 8. The van der Waals surface area contributed by atoms with Crippen LogP contribution in [0.2, 0.25) is 0 Å². The molecule has 162 valence electrons. The number of ether oxygens (including phenoxy) is 1. The number of amides is 1. The van der Waals surface area contributed by atoms with Crippen LogP contribution < -0.4 is 0 Å². The summed E-state index contributed by atoms with van der Waals surface area (Å²) in [5.41, 5.74) is 0.515. The van der Waals surface area contributed by atoms with Gasteiger partial charge < -0.3 is 19.8 Å². The van der Waals surface area contributed by atoms with E-state index in [0.29, 0.717) is 5.56 Å². The standard InChI is InChI=1S/C21H19BrN2O7/c22-15-5-1-13(2-6-15)18-17(19(26)14-3-7-16(8-4-14)24(29)30)20(27)21(28)23(18)9-11-31-12-10-25/h1-8,18,25-26H,9-12H2/b19-17-. The Kier molecular flexibility index (Phi) is 7.16. The van der Waals surface area contributed by atoms with Crippen molar-refractivity contribution in [2.75, 3.05) is 26.4 Å². The highest BCUT2D eigenvalue weighted by atomic mass is 79.9. The SMILES string of the molecule is O=C1C(=O)N(CCOCCO)C(c2ccc(Br)cc2)/C1=C(/O)c1ccc([N+](=O)[O-])cc1. The van der Waals surface area contributed by atoms with Crippen molar-refractivity contribution in [1.29, 1.82) is 0 Å². The molecule has 1 fully saturated rings. The average Bonchev–Trinajstić information content (AvgIpc) is 3.01. The van der Waals surface area contributed by atoms with Crippen LogP contribution in [-0.2, 0) is 14.3 Å². The lowest BCUT2D eigenvalue weighted by atomic mass is 9.95. The van der Waals surface area contributed by atoms with Gasteiger partial charge in [0.25, 0.3) is 17.4 Å². The smallest absolute Gasteiger partial charge is 0.295 e. The van der Waals surface area contributed by atoms with Crippen LogP contribution in [0.4, 0.5) is 5.69 Å². The number of hydrogen-bond acceptors (Lipinski definition) is 7. The Hall–Kier alpha value is -3.08. The summed E-state index contributed by atoms with van der Waals surface area (Å²) in [6.07, 6.45) is 0. The third-order valence-corrected chi connectivity index (χ3v) is 5.32. The maximum absolute atomic E-state index is 12.8. The zero-order chi connectivity index (χ0) is 22.5. The maximum Gasteiger partial charge on any atom is 0.295 e. The first-order valence-electron chi connectivity index (χ1n) is 9.32. The van der Waals surface area contributed by atoms with E-state index >= 15 is 0 Å². The van der Waals surface area contributed by atoms with Gasteiger partial charge in [0.15, 0.2) is 0 Å². The predicted octanol–water partition coefficient (Wildman–Crippen LogP) is 2.79. The highest BCUT2D eigenvalue weighted by molar-refractivity contribution is 9.10. The number of aliphatic hydroxyl groups excluding tert-OH is 2. The van der Waals surface area contributed by atoms with Crippen molar-refractivity contribution >= 4 is 39.1 Å². The zero-order valence-electron chi connectivity index (χ0n) is 16.2. The van der Waals surface area contributed by atoms with E-state index in [1.54, 1.807) is 24.3 Å². The van der Waals surface area contributed by atoms with Crippen molar-refractivity contribution in [2.45, 2.75) is 6.04 Å². The van der Waals surface area contributed by atoms with Crippen LogP contribution in [0.15, 0.2) is 58.6 Å². The minimum absolute atomic E-state index is 0.0718. The Morgan fingerprint density at radius 3 is 2.32 bits per heavy atom. The second-order valence-corrected chi connectivity index (χ2v) is 7.60. The molecule has 0 aliphatic carbocycles. The van der Waals surface area contributed by atoms with Gasteiger partial charge >= 0.3 is 0 Å². The van der Waals surface area contributed by atoms with Crippen LogP contribution in [0.3, 0.4) is 0 Å². The van der Waals surface area contributed by atoms with E-state index in [4.69, 9.17) is 9.84 Å². The van der Waals surface area contributed by atoms with Crippen LogP contribution >= 0.6 is 15.9 Å². The number of nitro benzene ring substituents is 1. The van der Waals surface area contributed by atoms with Gasteiger partial charge in [-0.3, -0.25) is 19.7 Å². The number of aliphatic hydroxyl groups is 2. The number of carbonyl (C=O) groups is 2. The molecule has 3 rings (SSSR count). The quantitative estimate of drug-likeness (QED) is 0.145. The Labute approximate surface area is 185 Å². The lowest BCUT2D eigenvalue weighted by Gasteiger charge is -2.25. The molecule has 1 aliphatic heterocycles. The number of benzene rings is 2. The van der Waals surface area contributed by atoms with E-state index in [2.05, 4.69) is 15.9 Å². The van der Waals surface area contributed by atoms with Gasteiger partial charge in [0, 0.05) is 28.7 Å². The average molecular weight is 491 g/mol. The molecule has 1 aliphatic rings. The minimum atomic E-state index is -0.860. The van der Waals surface area contributed by atoms with Crippen molar-refractivity contribution in [3.63, 3.8) is 0 Å². The second kappa shape index (κ2) is 9.82. The summed E-state index contributed by atoms with van der Waals surface area (Å²) in [5.74, 6) is -2.06. The van der Waals surface area contributed by atoms with Gasteiger partial charge in [0.05, 0.1) is 36.4 Å². The zero-order valence-corrected chi connectivity index (χ0v) is 17.8. The first-order chi connectivity index (χ1) is 14.8. The van der Waals surface area contributed by atoms with E-state index in [9.17, 15) is 24.8 Å². The first kappa shape index (κ1) is 22.6. The lowest BCUT2D eigenvalue weighted by Crippen LogP contribution is -2.33. The fourth-order valence-corrected chi connectivity index (χ4v) is 3.59. The highest BCUT2D eigenvalue weighted by Gasteiger charge is 2.45. The number of ketones is 1. The molecule has 1 amide bonds. The van der Waals surface area contributed by atoms with Crippen molar-refractivity contribution in [3.05, 3.63) is 79.8 Å². The fourth-order valence-electron chi connectivity index (χ4n) is 3.33. The third kappa shape index (κ3) is 4.82. The van der Waals surface area contributed by atoms with Crippen molar-refractivity contribution in [3.8, 4) is 0 Å². The van der Waals surface area contributed by atoms with Crippen molar-refractivity contribution in [1.82, 2.24) is 4.90 Å². The molecule has 0 bridgehead atoms. The molecule has 0 radical (unpaired) electrons. The largest absolute Gasteiger partial charge is 0.507 e. The lowest BCUT2D eigenvalue weighted by molar-refractivity contribution is -0.384. The normalized spacial score (nSPS) is 17.9. The summed E-state index contributed by atoms with van der Waals surface area (Å²) < 4.78 is 6.04. The summed E-state index contributed by atoms with van der Waals surface area (Å²) in [4.78, 5) is 37.2. The van der Waals surface area contributed by atoms with E-state index in [1.165, 1.54) is 29.2 Å². The number of nitrogens with zero attached hydrogens (tertiary/aromatic N) is 2. The Morgan fingerprint density at radius 1 is 1.10 bits per heavy atom.